The second kappa shape index (κ2) is 11.5. The first-order chi connectivity index (χ1) is 12.6. The molecule has 150 valence electrons. The second-order valence-corrected chi connectivity index (χ2v) is 7.24. The minimum Gasteiger partial charge on any atom is -0.493 e. The number of benzene rings is 1. The van der Waals surface area contributed by atoms with Crippen LogP contribution >= 0.6 is 0 Å². The van der Waals surface area contributed by atoms with E-state index in [1.807, 2.05) is 27.7 Å². The lowest BCUT2D eigenvalue weighted by atomic mass is 9.81. The van der Waals surface area contributed by atoms with E-state index in [2.05, 4.69) is 30.9 Å². The smallest absolute Gasteiger partial charge is 0.161 e. The Labute approximate surface area is 162 Å². The highest BCUT2D eigenvalue weighted by Gasteiger charge is 2.34. The van der Waals surface area contributed by atoms with Crippen molar-refractivity contribution < 1.29 is 9.47 Å². The van der Waals surface area contributed by atoms with Crippen LogP contribution in [0.25, 0.3) is 0 Å². The van der Waals surface area contributed by atoms with E-state index >= 15 is 0 Å². The molecule has 0 bridgehead atoms. The minimum absolute atomic E-state index is 0.576. The molecule has 0 aromatic heterocycles. The average Bonchev–Trinajstić information content (AvgIpc) is 2.69. The van der Waals surface area contributed by atoms with E-state index in [1.165, 1.54) is 43.5 Å². The molecule has 0 spiro atoms. The second-order valence-electron chi connectivity index (χ2n) is 7.24. The minimum atomic E-state index is 0.576. The molecule has 0 amide bonds. The number of methoxy groups -OCH3 is 2. The quantitative estimate of drug-likeness (QED) is 0.644. The van der Waals surface area contributed by atoms with Gasteiger partial charge < -0.3 is 9.47 Å². The molecule has 3 heteroatoms. The molecule has 2 aliphatic rings. The van der Waals surface area contributed by atoms with E-state index < -0.39 is 0 Å². The first-order valence-electron chi connectivity index (χ1n) is 10.6. The van der Waals surface area contributed by atoms with Crippen LogP contribution in [-0.4, -0.2) is 32.2 Å². The van der Waals surface area contributed by atoms with Crippen LogP contribution in [0.3, 0.4) is 0 Å². The predicted molar refractivity (Wildman–Crippen MR) is 112 cm³/mol. The van der Waals surface area contributed by atoms with Gasteiger partial charge in [-0.05, 0) is 60.8 Å². The van der Waals surface area contributed by atoms with Crippen LogP contribution in [0.1, 0.15) is 78.0 Å². The Morgan fingerprint density at radius 3 is 2.19 bits per heavy atom. The molecule has 1 saturated heterocycles. The Morgan fingerprint density at radius 1 is 1.00 bits per heavy atom. The van der Waals surface area contributed by atoms with E-state index in [4.69, 9.17) is 9.47 Å². The van der Waals surface area contributed by atoms with Gasteiger partial charge in [0, 0.05) is 19.1 Å². The molecule has 0 aliphatic carbocycles. The fourth-order valence-corrected chi connectivity index (χ4v) is 4.31. The lowest BCUT2D eigenvalue weighted by molar-refractivity contribution is 0.0894. The van der Waals surface area contributed by atoms with E-state index in [9.17, 15) is 0 Å². The van der Waals surface area contributed by atoms with Crippen molar-refractivity contribution in [2.45, 2.75) is 73.3 Å². The van der Waals surface area contributed by atoms with Gasteiger partial charge in [-0.3, -0.25) is 4.90 Å². The van der Waals surface area contributed by atoms with Crippen molar-refractivity contribution in [3.63, 3.8) is 0 Å². The van der Waals surface area contributed by atoms with Gasteiger partial charge in [0.15, 0.2) is 11.5 Å². The summed E-state index contributed by atoms with van der Waals surface area (Å²) < 4.78 is 11.0. The van der Waals surface area contributed by atoms with Gasteiger partial charge in [-0.2, -0.15) is 0 Å². The number of rotatable bonds is 4. The molecular weight excluding hydrogens is 322 g/mol. The Morgan fingerprint density at radius 2 is 1.62 bits per heavy atom. The Hall–Kier alpha value is -1.22. The molecule has 1 unspecified atom stereocenters. The van der Waals surface area contributed by atoms with Gasteiger partial charge in [0.1, 0.15) is 0 Å². The number of nitrogens with zero attached hydrogens (tertiary/aromatic N) is 1. The highest BCUT2D eigenvalue weighted by atomic mass is 16.5. The first-order valence-corrected chi connectivity index (χ1v) is 10.6. The summed E-state index contributed by atoms with van der Waals surface area (Å²) in [5.74, 6) is 3.41. The largest absolute Gasteiger partial charge is 0.493 e. The molecule has 2 aliphatic heterocycles. The van der Waals surface area contributed by atoms with Gasteiger partial charge in [-0.25, -0.2) is 0 Å². The summed E-state index contributed by atoms with van der Waals surface area (Å²) >= 11 is 0. The van der Waals surface area contributed by atoms with Crippen molar-refractivity contribution in [2.24, 2.45) is 11.8 Å². The summed E-state index contributed by atoms with van der Waals surface area (Å²) in [5.41, 5.74) is 2.91. The molecule has 1 aromatic rings. The van der Waals surface area contributed by atoms with Crippen molar-refractivity contribution >= 4 is 0 Å². The van der Waals surface area contributed by atoms with Crippen LogP contribution in [0, 0.1) is 11.8 Å². The van der Waals surface area contributed by atoms with Crippen molar-refractivity contribution in [1.29, 1.82) is 0 Å². The van der Waals surface area contributed by atoms with E-state index in [0.717, 1.165) is 29.8 Å². The lowest BCUT2D eigenvalue weighted by Gasteiger charge is -2.44. The molecule has 3 rings (SSSR count). The topological polar surface area (TPSA) is 21.7 Å². The third-order valence-electron chi connectivity index (χ3n) is 5.26. The fourth-order valence-electron chi connectivity index (χ4n) is 4.31. The molecule has 0 saturated carbocycles. The van der Waals surface area contributed by atoms with Gasteiger partial charge in [0.05, 0.1) is 14.2 Å². The normalized spacial score (nSPS) is 21.4. The number of ether oxygens (including phenoxy) is 2. The maximum Gasteiger partial charge on any atom is 0.161 e. The van der Waals surface area contributed by atoms with E-state index in [1.54, 1.807) is 14.2 Å². The van der Waals surface area contributed by atoms with Crippen LogP contribution in [0.5, 0.6) is 11.5 Å². The maximum absolute atomic E-state index is 5.51. The Balaban J connectivity index is 0.000000791. The van der Waals surface area contributed by atoms with Gasteiger partial charge in [0.25, 0.3) is 0 Å². The third kappa shape index (κ3) is 5.39. The van der Waals surface area contributed by atoms with Crippen molar-refractivity contribution in [3.05, 3.63) is 23.3 Å². The SMILES string of the molecule is CC.CC.COc1cc2c(cc1OC)C1CC[C@@H](CC(C)C)CN1CC2. The number of piperidine rings is 1. The van der Waals surface area contributed by atoms with E-state index in [-0.39, 0.29) is 0 Å². The molecule has 2 atom stereocenters. The fraction of sp³-hybridized carbons (Fsp3) is 0.739. The summed E-state index contributed by atoms with van der Waals surface area (Å²) in [6.45, 7) is 15.1. The van der Waals surface area contributed by atoms with Gasteiger partial charge in [0.2, 0.25) is 0 Å². The van der Waals surface area contributed by atoms with Crippen LogP contribution in [0.15, 0.2) is 12.1 Å². The van der Waals surface area contributed by atoms with Gasteiger partial charge >= 0.3 is 0 Å². The first kappa shape index (κ1) is 22.8. The predicted octanol–water partition coefficient (Wildman–Crippen LogP) is 6.11. The molecule has 1 aromatic carbocycles. The molecule has 2 heterocycles. The summed E-state index contributed by atoms with van der Waals surface area (Å²) in [7, 11) is 3.45. The van der Waals surface area contributed by atoms with Crippen LogP contribution in [0.2, 0.25) is 0 Å². The van der Waals surface area contributed by atoms with Crippen LogP contribution < -0.4 is 9.47 Å². The summed E-state index contributed by atoms with van der Waals surface area (Å²) in [4.78, 5) is 2.70. The summed E-state index contributed by atoms with van der Waals surface area (Å²) in [5, 5.41) is 0. The van der Waals surface area contributed by atoms with Crippen LogP contribution in [0.4, 0.5) is 0 Å². The van der Waals surface area contributed by atoms with Crippen LogP contribution in [-0.2, 0) is 6.42 Å². The Kier molecular flexibility index (Phi) is 10.1. The Bertz CT molecular complexity index is 527. The number of fused-ring (bicyclic) bond motifs is 3. The average molecular weight is 364 g/mol. The summed E-state index contributed by atoms with van der Waals surface area (Å²) in [6, 6.07) is 4.98. The molecule has 26 heavy (non-hydrogen) atoms. The van der Waals surface area contributed by atoms with Crippen molar-refractivity contribution in [3.8, 4) is 11.5 Å². The molecule has 1 fully saturated rings. The molecule has 0 N–H and O–H groups in total. The van der Waals surface area contributed by atoms with E-state index in [0.29, 0.717) is 6.04 Å². The molecule has 0 radical (unpaired) electrons. The third-order valence-corrected chi connectivity index (χ3v) is 5.26. The maximum atomic E-state index is 5.51. The number of hydrogen-bond acceptors (Lipinski definition) is 3. The summed E-state index contributed by atoms with van der Waals surface area (Å²) in [6.07, 6.45) is 5.12. The van der Waals surface area contributed by atoms with Gasteiger partial charge in [-0.1, -0.05) is 41.5 Å². The monoisotopic (exact) mass is 363 g/mol. The van der Waals surface area contributed by atoms with Crippen molar-refractivity contribution in [1.82, 2.24) is 4.90 Å². The molecular formula is C23H41NO2. The lowest BCUT2D eigenvalue weighted by Crippen LogP contribution is -2.42. The standard InChI is InChI=1S/C19H29NO2.2C2H6/c1-13(2)9-14-5-6-17-16-11-19(22-4)18(21-3)10-15(16)7-8-20(17)12-14;2*1-2/h10-11,13-14,17H,5-9,12H2,1-4H3;2*1-2H3/t14-,17?;;/m0../s1. The van der Waals surface area contributed by atoms with Gasteiger partial charge in [-0.15, -0.1) is 0 Å². The number of hydrogen-bond donors (Lipinski definition) is 0. The zero-order chi connectivity index (χ0) is 19.7. The molecule has 3 nitrogen and oxygen atoms in total. The highest BCUT2D eigenvalue weighted by Crippen LogP contribution is 2.43. The zero-order valence-electron chi connectivity index (χ0n) is 18.4. The zero-order valence-corrected chi connectivity index (χ0v) is 18.4. The van der Waals surface area contributed by atoms with Crippen molar-refractivity contribution in [2.75, 3.05) is 27.3 Å². The highest BCUT2D eigenvalue weighted by molar-refractivity contribution is 5.49.